The van der Waals surface area contributed by atoms with E-state index in [9.17, 15) is 0 Å². The summed E-state index contributed by atoms with van der Waals surface area (Å²) in [6, 6.07) is 0. The second-order valence-electron chi connectivity index (χ2n) is 5.08. The Bertz CT molecular complexity index is 207. The molecule has 16 heavy (non-hydrogen) atoms. The molecule has 0 rings (SSSR count). The molecular weight excluding hydrogens is 200 g/mol. The van der Waals surface area contributed by atoms with E-state index in [1.54, 1.807) is 12.2 Å². The number of hydrogen-bond donors (Lipinski definition) is 0. The molecule has 0 N–H and O–H groups in total. The lowest BCUT2D eigenvalue weighted by Gasteiger charge is -2.36. The second-order valence-corrected chi connectivity index (χ2v) is 5.08. The van der Waals surface area contributed by atoms with Gasteiger partial charge in [0.2, 0.25) is 0 Å². The quantitative estimate of drug-likeness (QED) is 0.443. The topological polar surface area (TPSA) is 18.5 Å². The molecule has 2 heteroatoms. The summed E-state index contributed by atoms with van der Waals surface area (Å²) in [7, 11) is 0. The van der Waals surface area contributed by atoms with Crippen molar-refractivity contribution >= 4 is 0 Å². The molecule has 0 aliphatic heterocycles. The van der Waals surface area contributed by atoms with Crippen molar-refractivity contribution in [2.45, 2.75) is 33.8 Å². The molecule has 0 aromatic heterocycles. The summed E-state index contributed by atoms with van der Waals surface area (Å²) >= 11 is 0. The molecule has 0 spiro atoms. The van der Waals surface area contributed by atoms with Crippen molar-refractivity contribution in [1.82, 2.24) is 0 Å². The Balaban J connectivity index is 4.35. The third kappa shape index (κ3) is 5.47. The molecule has 0 heterocycles. The zero-order chi connectivity index (χ0) is 12.6. The molecule has 0 saturated carbocycles. The van der Waals surface area contributed by atoms with Crippen LogP contribution in [0.15, 0.2) is 25.3 Å². The van der Waals surface area contributed by atoms with Crippen LogP contribution in [-0.4, -0.2) is 25.9 Å². The molecule has 0 bridgehead atoms. The van der Waals surface area contributed by atoms with Crippen LogP contribution in [0.25, 0.3) is 0 Å². The van der Waals surface area contributed by atoms with Crippen molar-refractivity contribution in [2.24, 2.45) is 11.3 Å². The normalized spacial score (nSPS) is 13.8. The van der Waals surface area contributed by atoms with Gasteiger partial charge in [0.1, 0.15) is 0 Å². The van der Waals surface area contributed by atoms with E-state index in [1.165, 1.54) is 0 Å². The molecule has 94 valence electrons. The monoisotopic (exact) mass is 226 g/mol. The summed E-state index contributed by atoms with van der Waals surface area (Å²) in [4.78, 5) is 0. The summed E-state index contributed by atoms with van der Waals surface area (Å²) in [6.07, 6.45) is 3.73. The van der Waals surface area contributed by atoms with E-state index in [-0.39, 0.29) is 11.5 Å². The average molecular weight is 226 g/mol. The van der Waals surface area contributed by atoms with Gasteiger partial charge in [0.15, 0.2) is 0 Å². The third-order valence-electron chi connectivity index (χ3n) is 2.48. The van der Waals surface area contributed by atoms with Crippen LogP contribution in [0.1, 0.15) is 27.7 Å². The van der Waals surface area contributed by atoms with E-state index >= 15 is 0 Å². The molecule has 0 amide bonds. The van der Waals surface area contributed by atoms with Crippen LogP contribution in [0, 0.1) is 11.3 Å². The first-order chi connectivity index (χ1) is 7.45. The molecule has 0 fully saturated rings. The second kappa shape index (κ2) is 7.64. The van der Waals surface area contributed by atoms with E-state index in [0.717, 1.165) is 0 Å². The van der Waals surface area contributed by atoms with Gasteiger partial charge in [-0.15, -0.1) is 13.2 Å². The van der Waals surface area contributed by atoms with Gasteiger partial charge in [-0.05, 0) is 5.92 Å². The van der Waals surface area contributed by atoms with Gasteiger partial charge in [0.25, 0.3) is 0 Å². The summed E-state index contributed by atoms with van der Waals surface area (Å²) in [5.41, 5.74) is 0.000185. The van der Waals surface area contributed by atoms with Crippen LogP contribution in [0.4, 0.5) is 0 Å². The predicted octanol–water partition coefficient (Wildman–Crippen LogP) is 3.44. The Morgan fingerprint density at radius 2 is 1.69 bits per heavy atom. The lowest BCUT2D eigenvalue weighted by Crippen LogP contribution is -2.40. The van der Waals surface area contributed by atoms with Gasteiger partial charge >= 0.3 is 0 Å². The van der Waals surface area contributed by atoms with Crippen LogP contribution in [0.3, 0.4) is 0 Å². The molecule has 0 saturated heterocycles. The third-order valence-corrected chi connectivity index (χ3v) is 2.48. The number of rotatable bonds is 9. The van der Waals surface area contributed by atoms with E-state index in [0.29, 0.717) is 25.7 Å². The molecule has 0 radical (unpaired) electrons. The van der Waals surface area contributed by atoms with Gasteiger partial charge in [-0.2, -0.15) is 0 Å². The minimum atomic E-state index is 0.000185. The smallest absolute Gasteiger partial charge is 0.0675 e. The maximum atomic E-state index is 5.82. The molecule has 0 aromatic rings. The molecule has 2 nitrogen and oxygen atoms in total. The highest BCUT2D eigenvalue weighted by molar-refractivity contribution is 4.83. The largest absolute Gasteiger partial charge is 0.377 e. The van der Waals surface area contributed by atoms with Gasteiger partial charge in [0, 0.05) is 5.41 Å². The van der Waals surface area contributed by atoms with Gasteiger partial charge in [-0.3, -0.25) is 0 Å². The van der Waals surface area contributed by atoms with Crippen molar-refractivity contribution in [3.63, 3.8) is 0 Å². The van der Waals surface area contributed by atoms with Crippen LogP contribution >= 0.6 is 0 Å². The van der Waals surface area contributed by atoms with Crippen molar-refractivity contribution in [1.29, 1.82) is 0 Å². The van der Waals surface area contributed by atoms with E-state index in [2.05, 4.69) is 40.9 Å². The highest BCUT2D eigenvalue weighted by atomic mass is 16.5. The molecule has 1 unspecified atom stereocenters. The van der Waals surface area contributed by atoms with E-state index in [4.69, 9.17) is 9.47 Å². The highest BCUT2D eigenvalue weighted by Crippen LogP contribution is 2.29. The van der Waals surface area contributed by atoms with Gasteiger partial charge in [-0.25, -0.2) is 0 Å². The first-order valence-corrected chi connectivity index (χ1v) is 5.86. The Morgan fingerprint density at radius 3 is 2.12 bits per heavy atom. The summed E-state index contributed by atoms with van der Waals surface area (Å²) in [5, 5.41) is 0. The summed E-state index contributed by atoms with van der Waals surface area (Å²) in [6.45, 7) is 17.9. The highest BCUT2D eigenvalue weighted by Gasteiger charge is 2.32. The Kier molecular flexibility index (Phi) is 7.35. The summed E-state index contributed by atoms with van der Waals surface area (Å²) < 4.78 is 11.4. The van der Waals surface area contributed by atoms with Crippen molar-refractivity contribution in [2.75, 3.05) is 19.8 Å². The van der Waals surface area contributed by atoms with Crippen molar-refractivity contribution in [3.8, 4) is 0 Å². The lowest BCUT2D eigenvalue weighted by molar-refractivity contribution is -0.0751. The molecule has 0 aliphatic carbocycles. The molecule has 0 aliphatic rings. The van der Waals surface area contributed by atoms with Crippen LogP contribution in [0.2, 0.25) is 0 Å². The lowest BCUT2D eigenvalue weighted by atomic mass is 9.81. The fraction of sp³-hybridized carbons (Fsp3) is 0.714. The van der Waals surface area contributed by atoms with Crippen molar-refractivity contribution < 1.29 is 9.47 Å². The Labute approximate surface area is 100 Å². The molecular formula is C14H26O2. The van der Waals surface area contributed by atoms with E-state index < -0.39 is 0 Å². The number of hydrogen-bond acceptors (Lipinski definition) is 2. The van der Waals surface area contributed by atoms with E-state index in [1.807, 2.05) is 0 Å². The van der Waals surface area contributed by atoms with Crippen molar-refractivity contribution in [3.05, 3.63) is 25.3 Å². The first kappa shape index (κ1) is 15.4. The Hall–Kier alpha value is -0.600. The van der Waals surface area contributed by atoms with Crippen LogP contribution < -0.4 is 0 Å². The average Bonchev–Trinajstić information content (AvgIpc) is 2.17. The summed E-state index contributed by atoms with van der Waals surface area (Å²) in [5.74, 6) is 0.460. The van der Waals surface area contributed by atoms with Gasteiger partial charge < -0.3 is 9.47 Å². The van der Waals surface area contributed by atoms with Gasteiger partial charge in [-0.1, -0.05) is 39.8 Å². The molecule has 1 atom stereocenters. The standard InChI is InChI=1S/C14H26O2/c1-7-9-15-11-14(5,6)13(12(3)4)16-10-8-2/h7-8,12-13H,1-2,9-11H2,3-6H3. The minimum absolute atomic E-state index is 0.000185. The zero-order valence-electron chi connectivity index (χ0n) is 11.2. The maximum absolute atomic E-state index is 5.82. The fourth-order valence-corrected chi connectivity index (χ4v) is 1.98. The SMILES string of the molecule is C=CCOCC(C)(C)C(OCC=C)C(C)C. The zero-order valence-corrected chi connectivity index (χ0v) is 11.2. The first-order valence-electron chi connectivity index (χ1n) is 5.86. The minimum Gasteiger partial charge on any atom is -0.377 e. The van der Waals surface area contributed by atoms with Gasteiger partial charge in [0.05, 0.1) is 25.9 Å². The maximum Gasteiger partial charge on any atom is 0.0675 e. The fourth-order valence-electron chi connectivity index (χ4n) is 1.98. The Morgan fingerprint density at radius 1 is 1.12 bits per heavy atom. The van der Waals surface area contributed by atoms with Crippen LogP contribution in [-0.2, 0) is 9.47 Å². The predicted molar refractivity (Wildman–Crippen MR) is 69.6 cm³/mol. The number of ether oxygens (including phenoxy) is 2. The molecule has 0 aromatic carbocycles. The van der Waals surface area contributed by atoms with Crippen LogP contribution in [0.5, 0.6) is 0 Å².